The van der Waals surface area contributed by atoms with Crippen LogP contribution in [-0.2, 0) is 24.2 Å². The molecule has 122 valence electrons. The fraction of sp³-hybridized carbons (Fsp3) is 0.727. The van der Waals surface area contributed by atoms with Gasteiger partial charge in [-0.25, -0.2) is 18.0 Å². The van der Waals surface area contributed by atoms with Crippen LogP contribution < -0.4 is 10.6 Å². The molecule has 0 aliphatic heterocycles. The summed E-state index contributed by atoms with van der Waals surface area (Å²) in [5, 5.41) is 13.4. The van der Waals surface area contributed by atoms with Crippen LogP contribution in [-0.4, -0.2) is 63.2 Å². The number of sulfone groups is 1. The Hall–Kier alpha value is -1.84. The molecule has 0 aromatic heterocycles. The van der Waals surface area contributed by atoms with Crippen molar-refractivity contribution in [3.8, 4) is 0 Å². The topological polar surface area (TPSA) is 139 Å². The van der Waals surface area contributed by atoms with Gasteiger partial charge in [0.15, 0.2) is 0 Å². The highest BCUT2D eigenvalue weighted by Crippen LogP contribution is 1.99. The Morgan fingerprint density at radius 1 is 1.29 bits per heavy atom. The van der Waals surface area contributed by atoms with Crippen molar-refractivity contribution in [3.63, 3.8) is 0 Å². The van der Waals surface area contributed by atoms with Gasteiger partial charge in [0, 0.05) is 19.2 Å². The van der Waals surface area contributed by atoms with E-state index in [1.165, 1.54) is 7.11 Å². The molecular formula is C11H20N2O7S. The van der Waals surface area contributed by atoms with Gasteiger partial charge >= 0.3 is 18.0 Å². The van der Waals surface area contributed by atoms with Crippen molar-refractivity contribution in [2.24, 2.45) is 0 Å². The first kappa shape index (κ1) is 19.2. The van der Waals surface area contributed by atoms with E-state index in [0.717, 1.165) is 6.26 Å². The Labute approximate surface area is 123 Å². The highest BCUT2D eigenvalue weighted by atomic mass is 32.2. The molecule has 0 spiro atoms. The maximum absolute atomic E-state index is 11.4. The first-order chi connectivity index (χ1) is 9.65. The first-order valence-corrected chi connectivity index (χ1v) is 8.23. The Balaban J connectivity index is 4.12. The van der Waals surface area contributed by atoms with Gasteiger partial charge in [-0.3, -0.25) is 4.79 Å². The molecule has 0 rings (SSSR count). The van der Waals surface area contributed by atoms with Gasteiger partial charge in [0.1, 0.15) is 15.9 Å². The lowest BCUT2D eigenvalue weighted by Crippen LogP contribution is -2.46. The molecule has 2 amide bonds. The van der Waals surface area contributed by atoms with Gasteiger partial charge in [-0.2, -0.15) is 0 Å². The van der Waals surface area contributed by atoms with E-state index < -0.39 is 33.8 Å². The molecule has 0 bridgehead atoms. The number of aliphatic carboxylic acids is 1. The van der Waals surface area contributed by atoms with Crippen LogP contribution in [0.5, 0.6) is 0 Å². The lowest BCUT2D eigenvalue weighted by molar-refractivity contribution is -0.142. The molecule has 0 saturated heterocycles. The third kappa shape index (κ3) is 10.6. The maximum atomic E-state index is 11.4. The van der Waals surface area contributed by atoms with Crippen LogP contribution in [0.4, 0.5) is 4.79 Å². The second-order valence-corrected chi connectivity index (χ2v) is 6.65. The second-order valence-electron chi connectivity index (χ2n) is 4.39. The number of carbonyl (C=O) groups excluding carboxylic acids is 2. The summed E-state index contributed by atoms with van der Waals surface area (Å²) in [4.78, 5) is 33.3. The zero-order valence-electron chi connectivity index (χ0n) is 11.9. The molecule has 0 aromatic carbocycles. The summed E-state index contributed by atoms with van der Waals surface area (Å²) in [6.45, 7) is 0.0994. The van der Waals surface area contributed by atoms with E-state index in [2.05, 4.69) is 15.4 Å². The third-order valence-corrected chi connectivity index (χ3v) is 3.48. The highest BCUT2D eigenvalue weighted by molar-refractivity contribution is 7.90. The number of urea groups is 1. The number of carbonyl (C=O) groups is 3. The highest BCUT2D eigenvalue weighted by Gasteiger charge is 2.21. The van der Waals surface area contributed by atoms with Crippen molar-refractivity contribution in [1.82, 2.24) is 10.6 Å². The van der Waals surface area contributed by atoms with E-state index in [4.69, 9.17) is 5.11 Å². The molecule has 0 saturated carbocycles. The Morgan fingerprint density at radius 2 is 1.90 bits per heavy atom. The number of hydrogen-bond donors (Lipinski definition) is 3. The van der Waals surface area contributed by atoms with E-state index in [9.17, 15) is 22.8 Å². The minimum Gasteiger partial charge on any atom is -0.480 e. The monoisotopic (exact) mass is 324 g/mol. The number of nitrogens with one attached hydrogen (secondary N) is 2. The van der Waals surface area contributed by atoms with Gasteiger partial charge in [0.05, 0.1) is 12.9 Å². The molecule has 0 aromatic rings. The molecule has 10 heteroatoms. The molecule has 21 heavy (non-hydrogen) atoms. The maximum Gasteiger partial charge on any atom is 0.326 e. The number of methoxy groups -OCH3 is 1. The van der Waals surface area contributed by atoms with Crippen molar-refractivity contribution in [1.29, 1.82) is 0 Å². The number of esters is 1. The molecule has 0 aliphatic carbocycles. The van der Waals surface area contributed by atoms with Crippen LogP contribution >= 0.6 is 0 Å². The van der Waals surface area contributed by atoms with E-state index in [1.807, 2.05) is 0 Å². The minimum absolute atomic E-state index is 0.0714. The zero-order chi connectivity index (χ0) is 16.5. The number of rotatable bonds is 9. The minimum atomic E-state index is -3.10. The summed E-state index contributed by atoms with van der Waals surface area (Å²) in [5.41, 5.74) is 0. The molecule has 0 radical (unpaired) electrons. The molecule has 0 heterocycles. The average molecular weight is 324 g/mol. The Bertz CT molecular complexity index is 475. The number of amides is 2. The fourth-order valence-electron chi connectivity index (χ4n) is 1.37. The van der Waals surface area contributed by atoms with Crippen LogP contribution in [0.2, 0.25) is 0 Å². The molecule has 3 N–H and O–H groups in total. The molecule has 0 aliphatic rings. The van der Waals surface area contributed by atoms with Crippen LogP contribution in [0.1, 0.15) is 19.3 Å². The van der Waals surface area contributed by atoms with E-state index in [0.29, 0.717) is 0 Å². The molecule has 0 fully saturated rings. The van der Waals surface area contributed by atoms with E-state index in [1.54, 1.807) is 0 Å². The van der Waals surface area contributed by atoms with Gasteiger partial charge in [0.25, 0.3) is 0 Å². The van der Waals surface area contributed by atoms with Crippen molar-refractivity contribution in [2.75, 3.05) is 25.7 Å². The van der Waals surface area contributed by atoms with Crippen molar-refractivity contribution in [3.05, 3.63) is 0 Å². The predicted molar refractivity (Wildman–Crippen MR) is 73.5 cm³/mol. The van der Waals surface area contributed by atoms with Gasteiger partial charge in [-0.15, -0.1) is 0 Å². The standard InChI is InChI=1S/C11H20N2O7S/c1-20-9(14)5-4-8(10(15)16)13-11(17)12-6-3-7-21(2,18)19/h8H,3-7H2,1-2H3,(H,15,16)(H2,12,13,17)/t8-/m1/s1. The summed E-state index contributed by atoms with van der Waals surface area (Å²) in [7, 11) is -1.92. The van der Waals surface area contributed by atoms with Crippen molar-refractivity contribution < 1.29 is 32.6 Å². The summed E-state index contributed by atoms with van der Waals surface area (Å²) in [6.07, 6.45) is 1.08. The van der Waals surface area contributed by atoms with Crippen LogP contribution in [0.15, 0.2) is 0 Å². The molecular weight excluding hydrogens is 304 g/mol. The Kier molecular flexibility index (Phi) is 8.36. The molecule has 0 unspecified atom stereocenters. The summed E-state index contributed by atoms with van der Waals surface area (Å²) in [6, 6.07) is -1.96. The van der Waals surface area contributed by atoms with E-state index >= 15 is 0 Å². The van der Waals surface area contributed by atoms with Gasteiger partial charge < -0.3 is 20.5 Å². The largest absolute Gasteiger partial charge is 0.480 e. The van der Waals surface area contributed by atoms with Crippen LogP contribution in [0.3, 0.4) is 0 Å². The molecule has 9 nitrogen and oxygen atoms in total. The number of ether oxygens (including phenoxy) is 1. The summed E-state index contributed by atoms with van der Waals surface area (Å²) in [5.74, 6) is -1.92. The zero-order valence-corrected chi connectivity index (χ0v) is 12.7. The van der Waals surface area contributed by atoms with Crippen molar-refractivity contribution in [2.45, 2.75) is 25.3 Å². The quantitative estimate of drug-likeness (QED) is 0.370. The van der Waals surface area contributed by atoms with Gasteiger partial charge in [-0.1, -0.05) is 0 Å². The lowest BCUT2D eigenvalue weighted by atomic mass is 10.1. The third-order valence-electron chi connectivity index (χ3n) is 2.45. The van der Waals surface area contributed by atoms with Gasteiger partial charge in [0.2, 0.25) is 0 Å². The summed E-state index contributed by atoms with van der Waals surface area (Å²) >= 11 is 0. The normalized spacial score (nSPS) is 12.3. The number of carboxylic acid groups (broad SMARTS) is 1. The lowest BCUT2D eigenvalue weighted by Gasteiger charge is -2.14. The number of carboxylic acids is 1. The second kappa shape index (κ2) is 9.16. The molecule has 1 atom stereocenters. The SMILES string of the molecule is COC(=O)CC[C@@H](NC(=O)NCCCS(C)(=O)=O)C(=O)O. The fourth-order valence-corrected chi connectivity index (χ4v) is 2.04. The Morgan fingerprint density at radius 3 is 2.38 bits per heavy atom. The predicted octanol–water partition coefficient (Wildman–Crippen LogP) is -0.873. The van der Waals surface area contributed by atoms with Crippen LogP contribution in [0.25, 0.3) is 0 Å². The van der Waals surface area contributed by atoms with Crippen LogP contribution in [0, 0.1) is 0 Å². The van der Waals surface area contributed by atoms with Gasteiger partial charge in [-0.05, 0) is 12.8 Å². The summed E-state index contributed by atoms with van der Waals surface area (Å²) < 4.78 is 26.1. The smallest absolute Gasteiger partial charge is 0.326 e. The van der Waals surface area contributed by atoms with E-state index in [-0.39, 0.29) is 31.6 Å². The average Bonchev–Trinajstić information content (AvgIpc) is 2.37. The first-order valence-electron chi connectivity index (χ1n) is 6.17. The van der Waals surface area contributed by atoms with Crippen molar-refractivity contribution >= 4 is 27.8 Å². The number of hydrogen-bond acceptors (Lipinski definition) is 6.